The maximum atomic E-state index is 5.40. The highest BCUT2D eigenvalue weighted by Crippen LogP contribution is 2.60. The molecule has 2 N–H and O–H groups in total. The minimum atomic E-state index is 0.348. The van der Waals surface area contributed by atoms with Gasteiger partial charge in [0.05, 0.1) is 0 Å². The fourth-order valence-corrected chi connectivity index (χ4v) is 5.77. The Labute approximate surface area is 150 Å². The summed E-state index contributed by atoms with van der Waals surface area (Å²) in [6.07, 6.45) is 8.42. The van der Waals surface area contributed by atoms with Gasteiger partial charge in [0.2, 0.25) is 0 Å². The van der Waals surface area contributed by atoms with Crippen LogP contribution in [-0.2, 0) is 0 Å². The molecule has 1 aromatic rings. The number of benzene rings is 1. The molecule has 3 nitrogen and oxygen atoms in total. The van der Waals surface area contributed by atoms with Crippen molar-refractivity contribution in [3.8, 4) is 0 Å². The molecular formula is C20H27N3S. The second-order valence-corrected chi connectivity index (χ2v) is 8.74. The van der Waals surface area contributed by atoms with E-state index < -0.39 is 0 Å². The van der Waals surface area contributed by atoms with Gasteiger partial charge in [-0.1, -0.05) is 17.7 Å². The quantitative estimate of drug-likeness (QED) is 0.468. The highest BCUT2D eigenvalue weighted by Gasteiger charge is 2.52. The third kappa shape index (κ3) is 3.08. The van der Waals surface area contributed by atoms with Crippen molar-refractivity contribution < 1.29 is 0 Å². The van der Waals surface area contributed by atoms with Gasteiger partial charge in [-0.25, -0.2) is 0 Å². The normalized spacial score (nSPS) is 34.2. The average molecular weight is 342 g/mol. The van der Waals surface area contributed by atoms with Gasteiger partial charge in [0, 0.05) is 16.8 Å². The summed E-state index contributed by atoms with van der Waals surface area (Å²) in [5, 5.41) is 8.47. The number of hydrogen-bond donors (Lipinski definition) is 2. The van der Waals surface area contributed by atoms with Crippen LogP contribution in [0.25, 0.3) is 0 Å². The fraction of sp³-hybridized carbons (Fsp3) is 0.600. The molecule has 0 spiro atoms. The van der Waals surface area contributed by atoms with Crippen LogP contribution in [0.2, 0.25) is 0 Å². The first-order valence-corrected chi connectivity index (χ1v) is 9.62. The first kappa shape index (κ1) is 16.1. The van der Waals surface area contributed by atoms with E-state index in [-0.39, 0.29) is 0 Å². The van der Waals surface area contributed by atoms with Crippen molar-refractivity contribution in [1.82, 2.24) is 5.43 Å². The first-order chi connectivity index (χ1) is 11.5. The lowest BCUT2D eigenvalue weighted by atomic mass is 9.48. The number of hydrazone groups is 1. The number of anilines is 1. The van der Waals surface area contributed by atoms with Crippen molar-refractivity contribution in [3.05, 3.63) is 29.8 Å². The zero-order valence-electron chi connectivity index (χ0n) is 14.6. The lowest BCUT2D eigenvalue weighted by Crippen LogP contribution is -2.49. The highest BCUT2D eigenvalue weighted by atomic mass is 32.1. The van der Waals surface area contributed by atoms with E-state index >= 15 is 0 Å². The molecule has 128 valence electrons. The molecule has 0 unspecified atom stereocenters. The van der Waals surface area contributed by atoms with E-state index in [9.17, 15) is 0 Å². The van der Waals surface area contributed by atoms with Crippen molar-refractivity contribution in [3.63, 3.8) is 0 Å². The second-order valence-electron chi connectivity index (χ2n) is 8.33. The molecule has 0 amide bonds. The Hall–Kier alpha value is -1.42. The van der Waals surface area contributed by atoms with Crippen LogP contribution in [0.15, 0.2) is 29.4 Å². The zero-order chi connectivity index (χ0) is 16.7. The summed E-state index contributed by atoms with van der Waals surface area (Å²) in [6, 6.07) is 8.24. The van der Waals surface area contributed by atoms with Crippen molar-refractivity contribution in [2.45, 2.75) is 52.4 Å². The van der Waals surface area contributed by atoms with Crippen LogP contribution in [0, 0.1) is 30.1 Å². The summed E-state index contributed by atoms with van der Waals surface area (Å²) in [5.41, 5.74) is 6.93. The van der Waals surface area contributed by atoms with E-state index in [0.717, 1.165) is 23.4 Å². The maximum Gasteiger partial charge on any atom is 0.191 e. The van der Waals surface area contributed by atoms with Gasteiger partial charge in [0.25, 0.3) is 0 Å². The lowest BCUT2D eigenvalue weighted by molar-refractivity contribution is -0.0128. The number of thiocarbonyl (C=S) groups is 1. The molecule has 4 fully saturated rings. The number of nitrogens with zero attached hydrogens (tertiary/aromatic N) is 1. The summed E-state index contributed by atoms with van der Waals surface area (Å²) in [5.74, 6) is 2.83. The van der Waals surface area contributed by atoms with Crippen molar-refractivity contribution in [1.29, 1.82) is 0 Å². The Morgan fingerprint density at radius 1 is 1.04 bits per heavy atom. The summed E-state index contributed by atoms with van der Waals surface area (Å²) in [7, 11) is 0. The van der Waals surface area contributed by atoms with Gasteiger partial charge in [0.1, 0.15) is 0 Å². The van der Waals surface area contributed by atoms with E-state index in [2.05, 4.69) is 36.7 Å². The van der Waals surface area contributed by atoms with Crippen LogP contribution in [0.4, 0.5) is 5.69 Å². The van der Waals surface area contributed by atoms with Crippen LogP contribution in [0.5, 0.6) is 0 Å². The van der Waals surface area contributed by atoms with Gasteiger partial charge in [-0.3, -0.25) is 5.43 Å². The van der Waals surface area contributed by atoms with Gasteiger partial charge in [-0.2, -0.15) is 5.10 Å². The first-order valence-electron chi connectivity index (χ1n) is 9.21. The summed E-state index contributed by atoms with van der Waals surface area (Å²) in [6.45, 7) is 4.29. The van der Waals surface area contributed by atoms with Crippen LogP contribution in [-0.4, -0.2) is 10.8 Å². The van der Waals surface area contributed by atoms with Crippen molar-refractivity contribution >= 4 is 28.7 Å². The van der Waals surface area contributed by atoms with E-state index in [1.165, 1.54) is 49.8 Å². The summed E-state index contributed by atoms with van der Waals surface area (Å²) >= 11 is 5.40. The molecule has 4 aliphatic carbocycles. The molecule has 4 aliphatic rings. The van der Waals surface area contributed by atoms with Crippen LogP contribution >= 0.6 is 12.2 Å². The van der Waals surface area contributed by atoms with Crippen LogP contribution in [0.3, 0.4) is 0 Å². The average Bonchev–Trinajstić information content (AvgIpc) is 2.53. The van der Waals surface area contributed by atoms with Crippen LogP contribution < -0.4 is 10.7 Å². The third-order valence-corrected chi connectivity index (χ3v) is 6.63. The number of aryl methyl sites for hydroxylation is 1. The van der Waals surface area contributed by atoms with E-state index in [1.54, 1.807) is 0 Å². The predicted molar refractivity (Wildman–Crippen MR) is 104 cm³/mol. The number of rotatable bonds is 3. The second kappa shape index (κ2) is 6.14. The maximum absolute atomic E-state index is 5.40. The smallest absolute Gasteiger partial charge is 0.191 e. The topological polar surface area (TPSA) is 36.4 Å². The Balaban J connectivity index is 1.40. The molecule has 24 heavy (non-hydrogen) atoms. The van der Waals surface area contributed by atoms with Crippen LogP contribution in [0.1, 0.15) is 51.0 Å². The molecule has 4 bridgehead atoms. The zero-order valence-corrected chi connectivity index (χ0v) is 15.5. The van der Waals surface area contributed by atoms with E-state index in [1.807, 2.05) is 12.1 Å². The van der Waals surface area contributed by atoms with Gasteiger partial charge in [-0.05, 0) is 94.5 Å². The minimum Gasteiger partial charge on any atom is -0.331 e. The van der Waals surface area contributed by atoms with Crippen molar-refractivity contribution in [2.24, 2.45) is 28.3 Å². The number of hydrogen-bond acceptors (Lipinski definition) is 2. The van der Waals surface area contributed by atoms with E-state index in [0.29, 0.717) is 10.5 Å². The summed E-state index contributed by atoms with van der Waals surface area (Å²) in [4.78, 5) is 0. The molecule has 5 rings (SSSR count). The molecule has 4 heteroatoms. The Kier molecular flexibility index (Phi) is 4.11. The number of nitrogens with one attached hydrogen (secondary N) is 2. The third-order valence-electron chi connectivity index (χ3n) is 6.44. The molecule has 0 saturated heterocycles. The van der Waals surface area contributed by atoms with Gasteiger partial charge < -0.3 is 5.32 Å². The SMILES string of the molecule is C/C(=N/NC(=S)Nc1ccc(C)cc1)C12CC3CC(CC(C3)C1)C2. The Morgan fingerprint density at radius 2 is 1.58 bits per heavy atom. The fourth-order valence-electron chi connectivity index (χ4n) is 5.60. The molecule has 0 aliphatic heterocycles. The standard InChI is InChI=1S/C20H27N3S/c1-13-3-5-18(6-4-13)21-19(24)23-22-14(2)20-10-15-7-16(11-20)9-17(8-15)12-20/h3-6,15-17H,7-12H2,1-2H3,(H2,21,23,24)/b22-14-. The highest BCUT2D eigenvalue weighted by molar-refractivity contribution is 7.80. The molecule has 1 aromatic carbocycles. The molecule has 0 aromatic heterocycles. The summed E-state index contributed by atoms with van der Waals surface area (Å²) < 4.78 is 0. The molecule has 0 heterocycles. The minimum absolute atomic E-state index is 0.348. The Bertz CT molecular complexity index is 627. The van der Waals surface area contributed by atoms with Gasteiger partial charge in [-0.15, -0.1) is 0 Å². The van der Waals surface area contributed by atoms with Crippen molar-refractivity contribution in [2.75, 3.05) is 5.32 Å². The lowest BCUT2D eigenvalue weighted by Gasteiger charge is -2.56. The monoisotopic (exact) mass is 341 g/mol. The Morgan fingerprint density at radius 3 is 2.12 bits per heavy atom. The largest absolute Gasteiger partial charge is 0.331 e. The van der Waals surface area contributed by atoms with Gasteiger partial charge >= 0.3 is 0 Å². The predicted octanol–water partition coefficient (Wildman–Crippen LogP) is 4.87. The molecule has 4 saturated carbocycles. The van der Waals surface area contributed by atoms with E-state index in [4.69, 9.17) is 17.3 Å². The molecular weight excluding hydrogens is 314 g/mol. The van der Waals surface area contributed by atoms with Gasteiger partial charge in [0.15, 0.2) is 5.11 Å². The molecule has 0 atom stereocenters. The molecule has 0 radical (unpaired) electrons.